The summed E-state index contributed by atoms with van der Waals surface area (Å²) in [6.07, 6.45) is 7.13. The van der Waals surface area contributed by atoms with E-state index in [0.29, 0.717) is 18.4 Å². The molecule has 1 aliphatic carbocycles. The summed E-state index contributed by atoms with van der Waals surface area (Å²) in [5.74, 6) is 0.784. The highest BCUT2D eigenvalue weighted by atomic mass is 35.5. The van der Waals surface area contributed by atoms with Crippen LogP contribution in [0, 0.1) is 11.8 Å². The summed E-state index contributed by atoms with van der Waals surface area (Å²) < 4.78 is 0. The highest BCUT2D eigenvalue weighted by Gasteiger charge is 2.28. The molecule has 96 valence electrons. The first-order chi connectivity index (χ1) is 7.70. The molecule has 1 saturated carbocycles. The third-order valence-corrected chi connectivity index (χ3v) is 3.64. The molecule has 2 N–H and O–H groups in total. The lowest BCUT2D eigenvalue weighted by molar-refractivity contribution is -0.137. The summed E-state index contributed by atoms with van der Waals surface area (Å²) in [6.45, 7) is 1.35. The quantitative estimate of drug-likeness (QED) is 0.771. The maximum absolute atomic E-state index is 11.4. The lowest BCUT2D eigenvalue weighted by Crippen LogP contribution is -2.36. The summed E-state index contributed by atoms with van der Waals surface area (Å²) in [5, 5.41) is 0. The number of nitrogens with two attached hydrogens (primary N) is 1. The van der Waals surface area contributed by atoms with Crippen LogP contribution in [0.15, 0.2) is 12.2 Å². The van der Waals surface area contributed by atoms with Crippen molar-refractivity contribution in [2.24, 2.45) is 17.6 Å². The molecule has 0 aromatic rings. The van der Waals surface area contributed by atoms with Crippen LogP contribution in [0.1, 0.15) is 25.7 Å². The number of amides is 2. The summed E-state index contributed by atoms with van der Waals surface area (Å²) in [5.41, 5.74) is 5.63. The van der Waals surface area contributed by atoms with Crippen LogP contribution in [0.4, 0.5) is 0 Å². The van der Waals surface area contributed by atoms with Crippen LogP contribution in [0.3, 0.4) is 0 Å². The van der Waals surface area contributed by atoms with Gasteiger partial charge in [0, 0.05) is 18.7 Å². The third-order valence-electron chi connectivity index (χ3n) is 3.64. The Bertz CT molecular complexity index is 304. The van der Waals surface area contributed by atoms with Gasteiger partial charge in [-0.25, -0.2) is 0 Å². The zero-order valence-corrected chi connectivity index (χ0v) is 10.6. The lowest BCUT2D eigenvalue weighted by atomic mass is 9.82. The fourth-order valence-corrected chi connectivity index (χ4v) is 2.52. The number of carbonyl (C=O) groups excluding carboxylic acids is 2. The molecule has 5 heteroatoms. The van der Waals surface area contributed by atoms with E-state index >= 15 is 0 Å². The largest absolute Gasteiger partial charge is 0.330 e. The van der Waals surface area contributed by atoms with E-state index in [1.807, 2.05) is 0 Å². The molecule has 1 aliphatic heterocycles. The number of hydrogen-bond acceptors (Lipinski definition) is 3. The first kappa shape index (κ1) is 14.2. The van der Waals surface area contributed by atoms with Gasteiger partial charge in [0.05, 0.1) is 0 Å². The van der Waals surface area contributed by atoms with Gasteiger partial charge in [-0.05, 0) is 44.1 Å². The van der Waals surface area contributed by atoms with E-state index in [1.54, 1.807) is 0 Å². The first-order valence-electron chi connectivity index (χ1n) is 5.94. The molecule has 0 saturated heterocycles. The van der Waals surface area contributed by atoms with Crippen molar-refractivity contribution in [2.45, 2.75) is 25.7 Å². The second-order valence-corrected chi connectivity index (χ2v) is 4.74. The van der Waals surface area contributed by atoms with Gasteiger partial charge >= 0.3 is 0 Å². The van der Waals surface area contributed by atoms with Gasteiger partial charge in [0.2, 0.25) is 0 Å². The monoisotopic (exact) mass is 258 g/mol. The van der Waals surface area contributed by atoms with Crippen molar-refractivity contribution < 1.29 is 9.59 Å². The summed E-state index contributed by atoms with van der Waals surface area (Å²) >= 11 is 0. The molecule has 2 rings (SSSR count). The highest BCUT2D eigenvalue weighted by molar-refractivity contribution is 6.12. The van der Waals surface area contributed by atoms with E-state index in [-0.39, 0.29) is 24.2 Å². The molecule has 0 spiro atoms. The number of imide groups is 1. The Morgan fingerprint density at radius 2 is 1.53 bits per heavy atom. The van der Waals surface area contributed by atoms with Gasteiger partial charge in [-0.1, -0.05) is 0 Å². The van der Waals surface area contributed by atoms with E-state index in [2.05, 4.69) is 0 Å². The minimum Gasteiger partial charge on any atom is -0.330 e. The Kier molecular flexibility index (Phi) is 5.15. The summed E-state index contributed by atoms with van der Waals surface area (Å²) in [4.78, 5) is 24.1. The van der Waals surface area contributed by atoms with Crippen LogP contribution in [0.5, 0.6) is 0 Å². The molecule has 1 fully saturated rings. The van der Waals surface area contributed by atoms with Crippen molar-refractivity contribution in [1.29, 1.82) is 0 Å². The smallest absolute Gasteiger partial charge is 0.253 e. The minimum atomic E-state index is -0.161. The molecule has 4 nitrogen and oxygen atoms in total. The van der Waals surface area contributed by atoms with E-state index in [9.17, 15) is 9.59 Å². The van der Waals surface area contributed by atoms with Gasteiger partial charge in [0.25, 0.3) is 11.8 Å². The maximum Gasteiger partial charge on any atom is 0.253 e. The van der Waals surface area contributed by atoms with Gasteiger partial charge in [-0.3, -0.25) is 14.5 Å². The van der Waals surface area contributed by atoms with Crippen molar-refractivity contribution >= 4 is 24.2 Å². The molecule has 0 atom stereocenters. The normalized spacial score (nSPS) is 28.4. The van der Waals surface area contributed by atoms with E-state index < -0.39 is 0 Å². The first-order valence-corrected chi connectivity index (χ1v) is 5.94. The molecule has 0 radical (unpaired) electrons. The molecular formula is C12H19ClN2O2. The van der Waals surface area contributed by atoms with Crippen LogP contribution < -0.4 is 5.73 Å². The highest BCUT2D eigenvalue weighted by Crippen LogP contribution is 2.29. The van der Waals surface area contributed by atoms with Crippen LogP contribution in [-0.4, -0.2) is 29.8 Å². The van der Waals surface area contributed by atoms with Crippen LogP contribution >= 0.6 is 12.4 Å². The van der Waals surface area contributed by atoms with Gasteiger partial charge in [-0.2, -0.15) is 0 Å². The topological polar surface area (TPSA) is 63.4 Å². The molecule has 2 amide bonds. The Balaban J connectivity index is 0.00000144. The predicted molar refractivity (Wildman–Crippen MR) is 67.6 cm³/mol. The molecule has 1 heterocycles. The maximum atomic E-state index is 11.4. The summed E-state index contributed by atoms with van der Waals surface area (Å²) in [7, 11) is 0. The van der Waals surface area contributed by atoms with Crippen LogP contribution in [0.2, 0.25) is 0 Å². The Morgan fingerprint density at radius 3 is 2.00 bits per heavy atom. The van der Waals surface area contributed by atoms with Gasteiger partial charge < -0.3 is 5.73 Å². The fraction of sp³-hybridized carbons (Fsp3) is 0.667. The minimum absolute atomic E-state index is 0. The van der Waals surface area contributed by atoms with Crippen molar-refractivity contribution in [3.63, 3.8) is 0 Å². The van der Waals surface area contributed by atoms with Gasteiger partial charge in [0.15, 0.2) is 0 Å². The fourth-order valence-electron chi connectivity index (χ4n) is 2.52. The van der Waals surface area contributed by atoms with Crippen LogP contribution in [-0.2, 0) is 9.59 Å². The average molecular weight is 259 g/mol. The number of carbonyl (C=O) groups is 2. The van der Waals surface area contributed by atoms with Crippen molar-refractivity contribution in [3.05, 3.63) is 12.2 Å². The molecule has 0 aromatic carbocycles. The average Bonchev–Trinajstić information content (AvgIpc) is 2.62. The van der Waals surface area contributed by atoms with Crippen molar-refractivity contribution in [1.82, 2.24) is 4.90 Å². The Hall–Kier alpha value is -0.870. The van der Waals surface area contributed by atoms with E-state index in [0.717, 1.165) is 32.2 Å². The number of nitrogens with zero attached hydrogens (tertiary/aromatic N) is 1. The van der Waals surface area contributed by atoms with Crippen LogP contribution in [0.25, 0.3) is 0 Å². The molecule has 0 unspecified atom stereocenters. The number of halogens is 1. The molecule has 0 aromatic heterocycles. The standard InChI is InChI=1S/C12H18N2O2.ClH/c13-7-9-1-3-10(4-2-9)8-14-11(15)5-6-12(14)16;/h5-6,9-10H,1-4,7-8,13H2;1H. The number of hydrogen-bond donors (Lipinski definition) is 1. The zero-order chi connectivity index (χ0) is 11.5. The van der Waals surface area contributed by atoms with E-state index in [1.165, 1.54) is 17.1 Å². The van der Waals surface area contributed by atoms with Crippen molar-refractivity contribution in [3.8, 4) is 0 Å². The zero-order valence-electron chi connectivity index (χ0n) is 9.80. The molecule has 2 aliphatic rings. The van der Waals surface area contributed by atoms with E-state index in [4.69, 9.17) is 5.73 Å². The van der Waals surface area contributed by atoms with Gasteiger partial charge in [-0.15, -0.1) is 12.4 Å². The second-order valence-electron chi connectivity index (χ2n) is 4.74. The Morgan fingerprint density at radius 1 is 1.06 bits per heavy atom. The van der Waals surface area contributed by atoms with Gasteiger partial charge in [0.1, 0.15) is 0 Å². The number of rotatable bonds is 3. The SMILES string of the molecule is Cl.NCC1CCC(CN2C(=O)C=CC2=O)CC1. The second kappa shape index (κ2) is 6.17. The molecule has 0 bridgehead atoms. The Labute approximate surface area is 108 Å². The molecular weight excluding hydrogens is 240 g/mol. The third kappa shape index (κ3) is 3.30. The lowest BCUT2D eigenvalue weighted by Gasteiger charge is -2.29. The summed E-state index contributed by atoms with van der Waals surface area (Å²) in [6, 6.07) is 0. The van der Waals surface area contributed by atoms with Crippen molar-refractivity contribution in [2.75, 3.05) is 13.1 Å². The molecule has 17 heavy (non-hydrogen) atoms. The predicted octanol–water partition coefficient (Wildman–Crippen LogP) is 1.10.